The molecular weight excluding hydrogens is 853 g/mol. The zero-order chi connectivity index (χ0) is 50.0. The minimum atomic E-state index is -0.853. The van der Waals surface area contributed by atoms with Crippen LogP contribution in [0, 0.1) is 0 Å². The highest BCUT2D eigenvalue weighted by Gasteiger charge is 2.19. The zero-order valence-corrected chi connectivity index (χ0v) is 43.8. The van der Waals surface area contributed by atoms with Gasteiger partial charge in [-0.15, -0.1) is 0 Å². The van der Waals surface area contributed by atoms with E-state index in [1.54, 1.807) is 0 Å². The van der Waals surface area contributed by atoms with E-state index in [-0.39, 0.29) is 38.0 Å². The summed E-state index contributed by atoms with van der Waals surface area (Å²) in [5, 5.41) is 0. The third-order valence-corrected chi connectivity index (χ3v) is 10.5. The average Bonchev–Trinajstić information content (AvgIpc) is 3.35. The molecule has 0 rings (SSSR count). The molecular formula is C63H96O6. The predicted octanol–water partition coefficient (Wildman–Crippen LogP) is 18.2. The van der Waals surface area contributed by atoms with Crippen LogP contribution >= 0.6 is 0 Å². The molecule has 0 aromatic rings. The third kappa shape index (κ3) is 53.8. The van der Waals surface area contributed by atoms with E-state index in [1.165, 1.54) is 25.7 Å². The number of hydrogen-bond donors (Lipinski definition) is 0. The lowest BCUT2D eigenvalue weighted by Gasteiger charge is -2.18. The second-order valence-electron chi connectivity index (χ2n) is 17.0. The summed E-state index contributed by atoms with van der Waals surface area (Å²) in [5.74, 6) is -1.11. The maximum Gasteiger partial charge on any atom is 0.306 e. The van der Waals surface area contributed by atoms with E-state index in [2.05, 4.69) is 167 Å². The van der Waals surface area contributed by atoms with Gasteiger partial charge in [0.25, 0.3) is 0 Å². The molecule has 0 radical (unpaired) electrons. The Balaban J connectivity index is 4.65. The molecule has 0 aromatic heterocycles. The van der Waals surface area contributed by atoms with Crippen molar-refractivity contribution in [2.24, 2.45) is 0 Å². The third-order valence-electron chi connectivity index (χ3n) is 10.5. The summed E-state index contributed by atoms with van der Waals surface area (Å²) in [6.07, 6.45) is 81.0. The van der Waals surface area contributed by atoms with Gasteiger partial charge in [0, 0.05) is 19.3 Å². The van der Waals surface area contributed by atoms with Crippen LogP contribution in [0.25, 0.3) is 0 Å². The van der Waals surface area contributed by atoms with Crippen molar-refractivity contribution in [3.05, 3.63) is 158 Å². The van der Waals surface area contributed by atoms with Gasteiger partial charge in [0.05, 0.1) is 0 Å². The Hall–Kier alpha value is -4.97. The highest BCUT2D eigenvalue weighted by Crippen LogP contribution is 2.11. The summed E-state index contributed by atoms with van der Waals surface area (Å²) >= 11 is 0. The van der Waals surface area contributed by atoms with Gasteiger partial charge in [0.15, 0.2) is 6.10 Å². The lowest BCUT2D eigenvalue weighted by atomic mass is 10.1. The zero-order valence-electron chi connectivity index (χ0n) is 43.8. The van der Waals surface area contributed by atoms with E-state index < -0.39 is 12.1 Å². The molecule has 0 bridgehead atoms. The topological polar surface area (TPSA) is 78.9 Å². The molecule has 0 aliphatic carbocycles. The van der Waals surface area contributed by atoms with Gasteiger partial charge >= 0.3 is 17.9 Å². The standard InChI is InChI=1S/C63H96O6/c1-4-7-10-13-16-19-22-25-28-30-31-33-35-38-41-44-47-50-53-56-62(65)68-59-60(58-67-61(64)55-52-49-46-43-40-37-34-27-24-21-18-15-12-9-6-3)69-63(66)57-54-51-48-45-42-39-36-32-29-26-23-20-17-14-11-8-5-2/h7,9-10,12,16-21,25-29,31,33-34,36,38-39,41,45,47-48,50,60H,4-6,8,11,13-15,22-24,30,32,35,37,40,42-44,46,49,51-59H2,1-3H3. The number of carbonyl (C=O) groups is 3. The number of ether oxygens (including phenoxy) is 3. The van der Waals surface area contributed by atoms with E-state index in [0.717, 1.165) is 122 Å². The normalized spacial score (nSPS) is 13.4. The lowest BCUT2D eigenvalue weighted by Crippen LogP contribution is -2.30. The average molecular weight is 949 g/mol. The van der Waals surface area contributed by atoms with Crippen molar-refractivity contribution in [2.45, 2.75) is 207 Å². The van der Waals surface area contributed by atoms with Gasteiger partial charge in [-0.1, -0.05) is 211 Å². The van der Waals surface area contributed by atoms with Crippen LogP contribution in [0.1, 0.15) is 201 Å². The Labute approximate surface area is 422 Å². The molecule has 0 amide bonds. The molecule has 0 heterocycles. The molecule has 0 aliphatic heterocycles. The molecule has 0 aliphatic rings. The van der Waals surface area contributed by atoms with Crippen molar-refractivity contribution in [1.29, 1.82) is 0 Å². The van der Waals surface area contributed by atoms with Crippen LogP contribution < -0.4 is 0 Å². The first-order valence-electron chi connectivity index (χ1n) is 27.0. The van der Waals surface area contributed by atoms with Crippen LogP contribution in [0.2, 0.25) is 0 Å². The van der Waals surface area contributed by atoms with Crippen LogP contribution in [0.5, 0.6) is 0 Å². The molecule has 0 N–H and O–H groups in total. The Morgan fingerprint density at radius 3 is 1.01 bits per heavy atom. The molecule has 0 aromatic carbocycles. The van der Waals surface area contributed by atoms with Gasteiger partial charge in [-0.2, -0.15) is 0 Å². The first kappa shape index (κ1) is 64.0. The van der Waals surface area contributed by atoms with Gasteiger partial charge in [0.1, 0.15) is 13.2 Å². The van der Waals surface area contributed by atoms with Crippen molar-refractivity contribution in [3.8, 4) is 0 Å². The van der Waals surface area contributed by atoms with Gasteiger partial charge in [-0.3, -0.25) is 14.4 Å². The second kappa shape index (κ2) is 55.6. The van der Waals surface area contributed by atoms with Crippen LogP contribution in [-0.2, 0) is 28.6 Å². The molecule has 0 spiro atoms. The van der Waals surface area contributed by atoms with Crippen LogP contribution in [0.4, 0.5) is 0 Å². The second-order valence-corrected chi connectivity index (χ2v) is 17.0. The van der Waals surface area contributed by atoms with E-state index >= 15 is 0 Å². The van der Waals surface area contributed by atoms with Crippen molar-refractivity contribution < 1.29 is 28.6 Å². The smallest absolute Gasteiger partial charge is 0.306 e. The summed E-state index contributed by atoms with van der Waals surface area (Å²) in [5.41, 5.74) is 0. The van der Waals surface area contributed by atoms with E-state index in [9.17, 15) is 14.4 Å². The van der Waals surface area contributed by atoms with Crippen molar-refractivity contribution in [1.82, 2.24) is 0 Å². The fourth-order valence-electron chi connectivity index (χ4n) is 6.53. The Morgan fingerprint density at radius 2 is 0.609 bits per heavy atom. The number of unbranched alkanes of at least 4 members (excludes halogenated alkanes) is 9. The number of carbonyl (C=O) groups excluding carboxylic acids is 3. The lowest BCUT2D eigenvalue weighted by molar-refractivity contribution is -0.166. The highest BCUT2D eigenvalue weighted by atomic mass is 16.6. The summed E-state index contributed by atoms with van der Waals surface area (Å²) in [6.45, 7) is 6.23. The van der Waals surface area contributed by atoms with Crippen LogP contribution in [0.3, 0.4) is 0 Å². The largest absolute Gasteiger partial charge is 0.462 e. The number of esters is 3. The van der Waals surface area contributed by atoms with Gasteiger partial charge < -0.3 is 14.2 Å². The molecule has 6 heteroatoms. The first-order chi connectivity index (χ1) is 34.0. The van der Waals surface area contributed by atoms with Crippen molar-refractivity contribution in [3.63, 3.8) is 0 Å². The molecule has 384 valence electrons. The highest BCUT2D eigenvalue weighted by molar-refractivity contribution is 5.71. The quantitative estimate of drug-likeness (QED) is 0.0262. The first-order valence-corrected chi connectivity index (χ1v) is 27.0. The minimum Gasteiger partial charge on any atom is -0.462 e. The maximum atomic E-state index is 12.8. The predicted molar refractivity (Wildman–Crippen MR) is 297 cm³/mol. The fraction of sp³-hybridized carbons (Fsp3) is 0.540. The molecule has 0 saturated carbocycles. The summed E-state index contributed by atoms with van der Waals surface area (Å²) in [7, 11) is 0. The Morgan fingerprint density at radius 1 is 0.304 bits per heavy atom. The summed E-state index contributed by atoms with van der Waals surface area (Å²) in [6, 6.07) is 0. The molecule has 1 atom stereocenters. The Kier molecular flexibility index (Phi) is 51.6. The van der Waals surface area contributed by atoms with Gasteiger partial charge in [-0.25, -0.2) is 0 Å². The van der Waals surface area contributed by atoms with Crippen LogP contribution in [0.15, 0.2) is 158 Å². The number of rotatable bonds is 46. The monoisotopic (exact) mass is 949 g/mol. The van der Waals surface area contributed by atoms with E-state index in [1.807, 2.05) is 12.2 Å². The maximum absolute atomic E-state index is 12.8. The van der Waals surface area contributed by atoms with Crippen molar-refractivity contribution in [2.75, 3.05) is 13.2 Å². The molecule has 6 nitrogen and oxygen atoms in total. The molecule has 0 saturated heterocycles. The van der Waals surface area contributed by atoms with Crippen molar-refractivity contribution >= 4 is 17.9 Å². The van der Waals surface area contributed by atoms with E-state index in [4.69, 9.17) is 14.2 Å². The van der Waals surface area contributed by atoms with E-state index in [0.29, 0.717) is 19.3 Å². The molecule has 0 fully saturated rings. The number of hydrogen-bond acceptors (Lipinski definition) is 6. The minimum absolute atomic E-state index is 0.140. The molecule has 69 heavy (non-hydrogen) atoms. The molecule has 1 unspecified atom stereocenters. The number of allylic oxidation sites excluding steroid dienone is 26. The summed E-state index contributed by atoms with van der Waals surface area (Å²) < 4.78 is 16.7. The van der Waals surface area contributed by atoms with Gasteiger partial charge in [-0.05, 0) is 128 Å². The fourth-order valence-corrected chi connectivity index (χ4v) is 6.53. The Bertz CT molecular complexity index is 1610. The SMILES string of the molecule is CCC=CCC=CCC=CCC=CCC=CCC=CCCC(=O)OCC(COC(=O)CCCCCCCC=CCC=CCC=CCC)OC(=O)CCCC=CCC=CCC=CCC=CCCCCC. The van der Waals surface area contributed by atoms with Gasteiger partial charge in [0.2, 0.25) is 0 Å². The van der Waals surface area contributed by atoms with Crippen LogP contribution in [-0.4, -0.2) is 37.2 Å². The summed E-state index contributed by atoms with van der Waals surface area (Å²) in [4.78, 5) is 38.0.